The molecule has 0 radical (unpaired) electrons. The van der Waals surface area contributed by atoms with E-state index >= 15 is 0 Å². The van der Waals surface area contributed by atoms with Gasteiger partial charge in [0.15, 0.2) is 0 Å². The number of anilines is 2. The minimum atomic E-state index is 0.0970. The zero-order valence-electron chi connectivity index (χ0n) is 16.2. The number of carbonyl (C=O) groups excluding carboxylic acids is 1. The first-order valence-corrected chi connectivity index (χ1v) is 10.7. The molecular weight excluding hydrogens is 370 g/mol. The summed E-state index contributed by atoms with van der Waals surface area (Å²) in [5, 5.41) is 3.88. The van der Waals surface area contributed by atoms with Gasteiger partial charge in [-0.15, -0.1) is 0 Å². The van der Waals surface area contributed by atoms with Crippen molar-refractivity contribution >= 4 is 28.9 Å². The highest BCUT2D eigenvalue weighted by Crippen LogP contribution is 2.24. The van der Waals surface area contributed by atoms with Gasteiger partial charge in [-0.3, -0.25) is 9.69 Å². The fraction of sp³-hybridized carbons (Fsp3) is 0.435. The molecule has 0 bridgehead atoms. The van der Waals surface area contributed by atoms with Crippen molar-refractivity contribution in [2.24, 2.45) is 5.92 Å². The molecule has 2 fully saturated rings. The maximum Gasteiger partial charge on any atom is 0.227 e. The second-order valence-corrected chi connectivity index (χ2v) is 8.34. The van der Waals surface area contributed by atoms with Crippen LogP contribution in [0.1, 0.15) is 31.2 Å². The van der Waals surface area contributed by atoms with Crippen molar-refractivity contribution in [1.29, 1.82) is 0 Å². The number of hydrogen-bond donors (Lipinski definition) is 1. The number of hydrogen-bond acceptors (Lipinski definition) is 3. The summed E-state index contributed by atoms with van der Waals surface area (Å²) in [7, 11) is 0. The molecule has 0 unspecified atom stereocenters. The van der Waals surface area contributed by atoms with E-state index in [9.17, 15) is 4.79 Å². The molecule has 1 N–H and O–H groups in total. The molecule has 0 saturated carbocycles. The minimum Gasteiger partial charge on any atom is -0.372 e. The lowest BCUT2D eigenvalue weighted by molar-refractivity contribution is -0.121. The summed E-state index contributed by atoms with van der Waals surface area (Å²) in [6.45, 7) is 5.10. The molecule has 2 saturated heterocycles. The van der Waals surface area contributed by atoms with Gasteiger partial charge in [-0.25, -0.2) is 0 Å². The topological polar surface area (TPSA) is 35.6 Å². The molecule has 2 heterocycles. The number of piperidine rings is 1. The monoisotopic (exact) mass is 397 g/mol. The fourth-order valence-corrected chi connectivity index (χ4v) is 4.30. The molecule has 28 heavy (non-hydrogen) atoms. The molecule has 2 aromatic rings. The van der Waals surface area contributed by atoms with Gasteiger partial charge in [-0.2, -0.15) is 0 Å². The zero-order valence-corrected chi connectivity index (χ0v) is 17.0. The molecule has 0 spiro atoms. The van der Waals surface area contributed by atoms with Crippen LogP contribution in [-0.2, 0) is 11.3 Å². The normalized spacial score (nSPS) is 18.4. The van der Waals surface area contributed by atoms with Crippen molar-refractivity contribution in [3.63, 3.8) is 0 Å². The van der Waals surface area contributed by atoms with Gasteiger partial charge in [0.1, 0.15) is 0 Å². The van der Waals surface area contributed by atoms with E-state index in [-0.39, 0.29) is 11.8 Å². The zero-order chi connectivity index (χ0) is 19.3. The van der Waals surface area contributed by atoms with Crippen LogP contribution < -0.4 is 10.2 Å². The van der Waals surface area contributed by atoms with E-state index in [1.54, 1.807) is 0 Å². The van der Waals surface area contributed by atoms with Crippen LogP contribution in [0, 0.1) is 5.92 Å². The third kappa shape index (κ3) is 4.86. The van der Waals surface area contributed by atoms with E-state index in [1.165, 1.54) is 24.1 Å². The number of carbonyl (C=O) groups is 1. The van der Waals surface area contributed by atoms with Crippen LogP contribution in [0.3, 0.4) is 0 Å². The summed E-state index contributed by atoms with van der Waals surface area (Å²) in [5.74, 6) is 0.250. The minimum absolute atomic E-state index is 0.0970. The fourth-order valence-electron chi connectivity index (χ4n) is 4.18. The highest BCUT2D eigenvalue weighted by atomic mass is 35.5. The molecule has 1 amide bonds. The van der Waals surface area contributed by atoms with Crippen molar-refractivity contribution in [3.8, 4) is 0 Å². The Labute approximate surface area is 172 Å². The van der Waals surface area contributed by atoms with Crippen LogP contribution in [-0.4, -0.2) is 37.0 Å². The van der Waals surface area contributed by atoms with Crippen molar-refractivity contribution in [1.82, 2.24) is 4.90 Å². The summed E-state index contributed by atoms with van der Waals surface area (Å²) >= 11 is 5.96. The summed E-state index contributed by atoms with van der Waals surface area (Å²) < 4.78 is 0. The first kappa shape index (κ1) is 19.3. The Morgan fingerprint density at radius 3 is 2.21 bits per heavy atom. The van der Waals surface area contributed by atoms with Crippen LogP contribution in [0.4, 0.5) is 11.4 Å². The maximum atomic E-state index is 12.7. The van der Waals surface area contributed by atoms with Crippen LogP contribution in [0.2, 0.25) is 5.02 Å². The molecule has 4 rings (SSSR count). The van der Waals surface area contributed by atoms with E-state index in [2.05, 4.69) is 39.4 Å². The van der Waals surface area contributed by atoms with E-state index in [1.807, 2.05) is 24.3 Å². The Hall–Kier alpha value is -2.04. The molecule has 4 nitrogen and oxygen atoms in total. The second kappa shape index (κ2) is 8.97. The second-order valence-electron chi connectivity index (χ2n) is 7.91. The maximum absolute atomic E-state index is 12.7. The van der Waals surface area contributed by atoms with Gasteiger partial charge in [0.2, 0.25) is 5.91 Å². The largest absolute Gasteiger partial charge is 0.372 e. The van der Waals surface area contributed by atoms with E-state index < -0.39 is 0 Å². The summed E-state index contributed by atoms with van der Waals surface area (Å²) in [4.78, 5) is 17.5. The predicted molar refractivity (Wildman–Crippen MR) is 116 cm³/mol. The van der Waals surface area contributed by atoms with Gasteiger partial charge in [0, 0.05) is 41.9 Å². The number of nitrogens with zero attached hydrogens (tertiary/aromatic N) is 2. The highest BCUT2D eigenvalue weighted by molar-refractivity contribution is 6.30. The summed E-state index contributed by atoms with van der Waals surface area (Å²) in [5.41, 5.74) is 3.42. The SMILES string of the molecule is O=C(Nc1ccc(N2CCCC2)cc1)C1CCN(Cc2ccc(Cl)cc2)CC1. The summed E-state index contributed by atoms with van der Waals surface area (Å²) in [6.07, 6.45) is 4.36. The Balaban J connectivity index is 1.25. The number of rotatable bonds is 5. The van der Waals surface area contributed by atoms with Crippen LogP contribution in [0.25, 0.3) is 0 Å². The first-order chi connectivity index (χ1) is 13.7. The lowest BCUT2D eigenvalue weighted by atomic mass is 9.95. The highest BCUT2D eigenvalue weighted by Gasteiger charge is 2.25. The Kier molecular flexibility index (Phi) is 6.18. The molecule has 2 aliphatic rings. The van der Waals surface area contributed by atoms with E-state index in [0.29, 0.717) is 0 Å². The average molecular weight is 398 g/mol. The Morgan fingerprint density at radius 2 is 1.57 bits per heavy atom. The Morgan fingerprint density at radius 1 is 0.929 bits per heavy atom. The number of halogens is 1. The number of nitrogens with one attached hydrogen (secondary N) is 1. The smallest absolute Gasteiger partial charge is 0.227 e. The van der Waals surface area contributed by atoms with Gasteiger partial charge in [-0.1, -0.05) is 23.7 Å². The van der Waals surface area contributed by atoms with Crippen LogP contribution in [0.15, 0.2) is 48.5 Å². The molecule has 0 atom stereocenters. The first-order valence-electron chi connectivity index (χ1n) is 10.3. The van der Waals surface area contributed by atoms with Gasteiger partial charge in [0.25, 0.3) is 0 Å². The lowest BCUT2D eigenvalue weighted by Gasteiger charge is -2.31. The van der Waals surface area contributed by atoms with Gasteiger partial charge in [0.05, 0.1) is 0 Å². The standard InChI is InChI=1S/C23H28ClN3O/c24-20-5-3-18(4-6-20)17-26-15-11-19(12-16-26)23(28)25-21-7-9-22(10-8-21)27-13-1-2-14-27/h3-10,19H,1-2,11-17H2,(H,25,28). The van der Waals surface area contributed by atoms with E-state index in [4.69, 9.17) is 11.6 Å². The van der Waals surface area contributed by atoms with Crippen molar-refractivity contribution < 1.29 is 4.79 Å². The van der Waals surface area contributed by atoms with Crippen LogP contribution in [0.5, 0.6) is 0 Å². The molecule has 0 aromatic heterocycles. The summed E-state index contributed by atoms with van der Waals surface area (Å²) in [6, 6.07) is 16.3. The molecular formula is C23H28ClN3O. The van der Waals surface area contributed by atoms with Crippen LogP contribution >= 0.6 is 11.6 Å². The number of likely N-dealkylation sites (tertiary alicyclic amines) is 1. The van der Waals surface area contributed by atoms with E-state index in [0.717, 1.165) is 56.3 Å². The van der Waals surface area contributed by atoms with Crippen molar-refractivity contribution in [2.75, 3.05) is 36.4 Å². The Bertz CT molecular complexity index is 776. The third-order valence-electron chi connectivity index (χ3n) is 5.88. The average Bonchev–Trinajstić information content (AvgIpc) is 3.26. The van der Waals surface area contributed by atoms with Gasteiger partial charge >= 0.3 is 0 Å². The number of amides is 1. The molecule has 148 valence electrons. The molecule has 5 heteroatoms. The molecule has 2 aliphatic heterocycles. The third-order valence-corrected chi connectivity index (χ3v) is 6.14. The molecule has 0 aliphatic carbocycles. The predicted octanol–water partition coefficient (Wildman–Crippen LogP) is 4.79. The van der Waals surface area contributed by atoms with Gasteiger partial charge in [-0.05, 0) is 80.7 Å². The van der Waals surface area contributed by atoms with Crippen molar-refractivity contribution in [2.45, 2.75) is 32.2 Å². The quantitative estimate of drug-likeness (QED) is 0.787. The number of benzene rings is 2. The molecule has 2 aromatic carbocycles. The van der Waals surface area contributed by atoms with Gasteiger partial charge < -0.3 is 10.2 Å². The lowest BCUT2D eigenvalue weighted by Crippen LogP contribution is -2.37. The van der Waals surface area contributed by atoms with Crippen molar-refractivity contribution in [3.05, 3.63) is 59.1 Å².